The molecule has 0 fully saturated rings. The van der Waals surface area contributed by atoms with Crippen LogP contribution in [0.15, 0.2) is 18.2 Å². The molecule has 0 aliphatic carbocycles. The molecule has 17 heavy (non-hydrogen) atoms. The summed E-state index contributed by atoms with van der Waals surface area (Å²) >= 11 is 0. The zero-order valence-corrected chi connectivity index (χ0v) is 10.7. The highest BCUT2D eigenvalue weighted by Gasteiger charge is 2.29. The van der Waals surface area contributed by atoms with Gasteiger partial charge in [-0.25, -0.2) is 11.4 Å². The van der Waals surface area contributed by atoms with Crippen molar-refractivity contribution >= 4 is 5.97 Å². The van der Waals surface area contributed by atoms with Gasteiger partial charge in [-0.15, -0.1) is 0 Å². The van der Waals surface area contributed by atoms with Crippen LogP contribution in [0, 0.1) is 6.57 Å². The van der Waals surface area contributed by atoms with Gasteiger partial charge in [0, 0.05) is 19.4 Å². The third kappa shape index (κ3) is 2.65. The molecular weight excluding hydrogens is 214 g/mol. The summed E-state index contributed by atoms with van der Waals surface area (Å²) in [5, 5.41) is 0. The molecule has 0 unspecified atom stereocenters. The number of aryl methyl sites for hydroxylation is 1. The Bertz CT molecular complexity index is 470. The van der Waals surface area contributed by atoms with Gasteiger partial charge in [-0.3, -0.25) is 0 Å². The van der Waals surface area contributed by atoms with E-state index in [9.17, 15) is 4.79 Å². The zero-order valence-electron chi connectivity index (χ0n) is 10.7. The Morgan fingerprint density at radius 3 is 2.59 bits per heavy atom. The van der Waals surface area contributed by atoms with E-state index in [0.29, 0.717) is 5.56 Å². The molecular formula is C14H17NO2. The Hall–Kier alpha value is -1.82. The van der Waals surface area contributed by atoms with Gasteiger partial charge in [0.15, 0.2) is 0 Å². The molecule has 0 saturated carbocycles. The highest BCUT2D eigenvalue weighted by atomic mass is 16.5. The maximum absolute atomic E-state index is 11.5. The van der Waals surface area contributed by atoms with Crippen molar-refractivity contribution in [2.45, 2.75) is 32.7 Å². The van der Waals surface area contributed by atoms with Crippen molar-refractivity contribution in [1.29, 1.82) is 0 Å². The first kappa shape index (κ1) is 13.2. The lowest BCUT2D eigenvalue weighted by Crippen LogP contribution is -2.15. The Labute approximate surface area is 102 Å². The molecule has 0 radical (unpaired) electrons. The first-order valence-electron chi connectivity index (χ1n) is 5.56. The van der Waals surface area contributed by atoms with E-state index in [-0.39, 0.29) is 5.97 Å². The molecule has 0 spiro atoms. The highest BCUT2D eigenvalue weighted by Crippen LogP contribution is 2.29. The number of methoxy groups -OCH3 is 1. The van der Waals surface area contributed by atoms with E-state index >= 15 is 0 Å². The van der Waals surface area contributed by atoms with E-state index in [2.05, 4.69) is 4.85 Å². The topological polar surface area (TPSA) is 30.7 Å². The molecule has 1 aromatic rings. The minimum Gasteiger partial charge on any atom is -0.465 e. The molecule has 0 atom stereocenters. The van der Waals surface area contributed by atoms with Gasteiger partial charge in [-0.1, -0.05) is 13.0 Å². The molecule has 0 saturated heterocycles. The molecule has 0 bridgehead atoms. The van der Waals surface area contributed by atoms with Crippen LogP contribution in [0.3, 0.4) is 0 Å². The van der Waals surface area contributed by atoms with Crippen LogP contribution >= 0.6 is 0 Å². The van der Waals surface area contributed by atoms with Gasteiger partial charge in [-0.05, 0) is 24.1 Å². The number of hydrogen-bond donors (Lipinski definition) is 0. The lowest BCUT2D eigenvalue weighted by molar-refractivity contribution is 0.0600. The summed E-state index contributed by atoms with van der Waals surface area (Å²) in [5.74, 6) is -0.366. The second-order valence-corrected chi connectivity index (χ2v) is 4.39. The molecule has 3 nitrogen and oxygen atoms in total. The summed E-state index contributed by atoms with van der Waals surface area (Å²) in [6.07, 6.45) is 0.843. The van der Waals surface area contributed by atoms with Crippen molar-refractivity contribution in [1.82, 2.24) is 0 Å². The highest BCUT2D eigenvalue weighted by molar-refractivity contribution is 5.89. The molecule has 0 N–H and O–H groups in total. The van der Waals surface area contributed by atoms with Crippen LogP contribution in [0.1, 0.15) is 42.3 Å². The first-order chi connectivity index (χ1) is 7.96. The summed E-state index contributed by atoms with van der Waals surface area (Å²) in [4.78, 5) is 15.1. The van der Waals surface area contributed by atoms with E-state index in [1.807, 2.05) is 26.8 Å². The fourth-order valence-electron chi connectivity index (χ4n) is 1.76. The number of ether oxygens (including phenoxy) is 1. The maximum Gasteiger partial charge on any atom is 0.337 e. The number of benzene rings is 1. The number of carbonyl (C=O) groups excluding carboxylic acids is 1. The molecule has 1 rings (SSSR count). The lowest BCUT2D eigenvalue weighted by Gasteiger charge is -2.16. The number of nitrogens with zero attached hydrogens (tertiary/aromatic N) is 1. The largest absolute Gasteiger partial charge is 0.465 e. The zero-order chi connectivity index (χ0) is 13.1. The van der Waals surface area contributed by atoms with Gasteiger partial charge < -0.3 is 9.58 Å². The standard InChI is InChI=1S/C14H17NO2/c1-6-10-7-8-11(13(16)17-5)9-12(10)14(2,3)15-4/h7-9H,6H2,1-3,5H3. The predicted octanol–water partition coefficient (Wildman–Crippen LogP) is 3.19. The summed E-state index contributed by atoms with van der Waals surface area (Å²) in [5.41, 5.74) is 1.88. The Kier molecular flexibility index (Phi) is 3.90. The lowest BCUT2D eigenvalue weighted by atomic mass is 9.88. The molecule has 90 valence electrons. The quantitative estimate of drug-likeness (QED) is 0.591. The molecule has 0 amide bonds. The van der Waals surface area contributed by atoms with E-state index in [1.54, 1.807) is 12.1 Å². The van der Waals surface area contributed by atoms with Gasteiger partial charge in [0.05, 0.1) is 12.7 Å². The van der Waals surface area contributed by atoms with Crippen molar-refractivity contribution in [3.05, 3.63) is 46.3 Å². The Balaban J connectivity index is 3.36. The van der Waals surface area contributed by atoms with E-state index in [0.717, 1.165) is 17.5 Å². The second-order valence-electron chi connectivity index (χ2n) is 4.39. The van der Waals surface area contributed by atoms with Gasteiger partial charge in [0.2, 0.25) is 0 Å². The van der Waals surface area contributed by atoms with Crippen molar-refractivity contribution in [2.75, 3.05) is 7.11 Å². The summed E-state index contributed by atoms with van der Waals surface area (Å²) in [7, 11) is 1.36. The second kappa shape index (κ2) is 5.01. The number of hydrogen-bond acceptors (Lipinski definition) is 2. The van der Waals surface area contributed by atoms with Crippen LogP contribution in [0.25, 0.3) is 4.85 Å². The van der Waals surface area contributed by atoms with Crippen LogP contribution in [-0.4, -0.2) is 13.1 Å². The first-order valence-corrected chi connectivity index (χ1v) is 5.56. The fraction of sp³-hybridized carbons (Fsp3) is 0.429. The molecule has 0 aliphatic heterocycles. The molecule has 0 aliphatic rings. The number of rotatable bonds is 3. The van der Waals surface area contributed by atoms with E-state index < -0.39 is 5.54 Å². The van der Waals surface area contributed by atoms with Crippen molar-refractivity contribution in [3.8, 4) is 0 Å². The molecule has 0 aromatic heterocycles. The van der Waals surface area contributed by atoms with Crippen molar-refractivity contribution < 1.29 is 9.53 Å². The monoisotopic (exact) mass is 231 g/mol. The van der Waals surface area contributed by atoms with Gasteiger partial charge >= 0.3 is 5.97 Å². The molecule has 1 aromatic carbocycles. The Morgan fingerprint density at radius 1 is 1.47 bits per heavy atom. The maximum atomic E-state index is 11.5. The van der Waals surface area contributed by atoms with Gasteiger partial charge in [0.25, 0.3) is 5.54 Å². The predicted molar refractivity (Wildman–Crippen MR) is 66.8 cm³/mol. The third-order valence-corrected chi connectivity index (χ3v) is 2.85. The van der Waals surface area contributed by atoms with Gasteiger partial charge in [0.1, 0.15) is 0 Å². The normalized spacial score (nSPS) is 10.8. The SMILES string of the molecule is [C-]#[N+]C(C)(C)c1cc(C(=O)OC)ccc1CC. The van der Waals surface area contributed by atoms with E-state index in [4.69, 9.17) is 11.3 Å². The molecule has 3 heteroatoms. The van der Waals surface area contributed by atoms with Crippen molar-refractivity contribution in [3.63, 3.8) is 0 Å². The fourth-order valence-corrected chi connectivity index (χ4v) is 1.76. The summed E-state index contributed by atoms with van der Waals surface area (Å²) in [6.45, 7) is 13.0. The smallest absolute Gasteiger partial charge is 0.337 e. The average molecular weight is 231 g/mol. The summed E-state index contributed by atoms with van der Waals surface area (Å²) < 4.78 is 4.69. The molecule has 0 heterocycles. The number of carbonyl (C=O) groups is 1. The summed E-state index contributed by atoms with van der Waals surface area (Å²) in [6, 6.07) is 5.41. The minimum absolute atomic E-state index is 0.366. The van der Waals surface area contributed by atoms with Crippen LogP contribution in [0.4, 0.5) is 0 Å². The minimum atomic E-state index is -0.616. The van der Waals surface area contributed by atoms with Crippen LogP contribution in [0.2, 0.25) is 0 Å². The Morgan fingerprint density at radius 2 is 2.12 bits per heavy atom. The third-order valence-electron chi connectivity index (χ3n) is 2.85. The van der Waals surface area contributed by atoms with Crippen LogP contribution < -0.4 is 0 Å². The van der Waals surface area contributed by atoms with Gasteiger partial charge in [-0.2, -0.15) is 0 Å². The average Bonchev–Trinajstić information content (AvgIpc) is 2.36. The van der Waals surface area contributed by atoms with Crippen molar-refractivity contribution in [2.24, 2.45) is 0 Å². The van der Waals surface area contributed by atoms with Crippen LogP contribution in [-0.2, 0) is 16.7 Å². The number of esters is 1. The van der Waals surface area contributed by atoms with E-state index in [1.165, 1.54) is 7.11 Å². The van der Waals surface area contributed by atoms with Crippen LogP contribution in [0.5, 0.6) is 0 Å².